The second-order valence-corrected chi connectivity index (χ2v) is 8.51. The Morgan fingerprint density at radius 3 is 2.52 bits per heavy atom. The molecule has 33 heavy (non-hydrogen) atoms. The normalized spacial score (nSPS) is 16.4. The van der Waals surface area contributed by atoms with E-state index in [1.807, 2.05) is 54.6 Å². The van der Waals surface area contributed by atoms with Crippen molar-refractivity contribution in [2.75, 3.05) is 19.7 Å². The third kappa shape index (κ3) is 7.02. The number of aliphatic hydroxyl groups is 1. The molecule has 0 spiro atoms. The molecule has 0 amide bonds. The van der Waals surface area contributed by atoms with E-state index >= 15 is 0 Å². The maximum Gasteiger partial charge on any atom is 0.145 e. The van der Waals surface area contributed by atoms with Gasteiger partial charge in [-0.2, -0.15) is 0 Å². The minimum absolute atomic E-state index is 0.154. The number of halogens is 2. The third-order valence-electron chi connectivity index (χ3n) is 5.35. The Labute approximate surface area is 198 Å². The standard InChI is InChI=1S/C26H26ClFN2O3/c27-21-10-8-20(9-11-21)26-14-25(33-29-26)17-30(15-19-6-12-22(28)13-7-19)16-23(31)18-32-24-4-2-1-3-5-24/h1-13,23,25,31H,14-18H2. The summed E-state index contributed by atoms with van der Waals surface area (Å²) in [5.41, 5.74) is 2.79. The van der Waals surface area contributed by atoms with Crippen LogP contribution in [0.3, 0.4) is 0 Å². The largest absolute Gasteiger partial charge is 0.491 e. The van der Waals surface area contributed by atoms with Crippen molar-refractivity contribution in [2.45, 2.75) is 25.2 Å². The maximum atomic E-state index is 13.3. The van der Waals surface area contributed by atoms with Crippen LogP contribution in [0.2, 0.25) is 5.02 Å². The number of para-hydroxylation sites is 1. The summed E-state index contributed by atoms with van der Waals surface area (Å²) < 4.78 is 19.0. The van der Waals surface area contributed by atoms with Gasteiger partial charge in [-0.25, -0.2) is 4.39 Å². The zero-order chi connectivity index (χ0) is 23.0. The van der Waals surface area contributed by atoms with Gasteiger partial charge in [0.1, 0.15) is 30.4 Å². The highest BCUT2D eigenvalue weighted by atomic mass is 35.5. The van der Waals surface area contributed by atoms with Crippen molar-refractivity contribution in [1.29, 1.82) is 0 Å². The van der Waals surface area contributed by atoms with Crippen LogP contribution in [0, 0.1) is 5.82 Å². The maximum absolute atomic E-state index is 13.3. The summed E-state index contributed by atoms with van der Waals surface area (Å²) in [6.07, 6.45) is -0.208. The van der Waals surface area contributed by atoms with Gasteiger partial charge in [-0.15, -0.1) is 0 Å². The minimum atomic E-state index is -0.705. The first-order valence-corrected chi connectivity index (χ1v) is 11.2. The molecule has 3 aromatic carbocycles. The Bertz CT molecular complexity index is 1050. The molecule has 5 nitrogen and oxygen atoms in total. The molecule has 1 aliphatic rings. The Balaban J connectivity index is 1.37. The first-order chi connectivity index (χ1) is 16.0. The predicted octanol–water partition coefficient (Wildman–Crippen LogP) is 4.91. The molecule has 0 fully saturated rings. The van der Waals surface area contributed by atoms with Gasteiger partial charge in [-0.05, 0) is 47.5 Å². The molecular formula is C26H26ClFN2O3. The van der Waals surface area contributed by atoms with Gasteiger partial charge in [-0.3, -0.25) is 4.90 Å². The van der Waals surface area contributed by atoms with Crippen LogP contribution in [-0.4, -0.2) is 47.6 Å². The van der Waals surface area contributed by atoms with Crippen molar-refractivity contribution in [3.8, 4) is 5.75 Å². The average Bonchev–Trinajstić information content (AvgIpc) is 3.29. The number of aliphatic hydroxyl groups excluding tert-OH is 1. The number of oxime groups is 1. The van der Waals surface area contributed by atoms with E-state index in [4.69, 9.17) is 21.2 Å². The van der Waals surface area contributed by atoms with Crippen molar-refractivity contribution in [2.24, 2.45) is 5.16 Å². The number of ether oxygens (including phenoxy) is 1. The Kier molecular flexibility index (Phi) is 7.94. The molecule has 0 bridgehead atoms. The molecule has 0 saturated heterocycles. The SMILES string of the molecule is OC(COc1ccccc1)CN(Cc1ccc(F)cc1)CC1CC(c2ccc(Cl)cc2)=NO1. The Morgan fingerprint density at radius 2 is 1.79 bits per heavy atom. The lowest BCUT2D eigenvalue weighted by Gasteiger charge is -2.27. The second-order valence-electron chi connectivity index (χ2n) is 8.07. The molecule has 0 aliphatic carbocycles. The van der Waals surface area contributed by atoms with E-state index < -0.39 is 6.10 Å². The molecule has 0 saturated carbocycles. The molecule has 2 unspecified atom stereocenters. The summed E-state index contributed by atoms with van der Waals surface area (Å²) in [5.74, 6) is 0.434. The number of benzene rings is 3. The summed E-state index contributed by atoms with van der Waals surface area (Å²) in [6.45, 7) is 1.64. The number of rotatable bonds is 10. The van der Waals surface area contributed by atoms with Gasteiger partial charge < -0.3 is 14.7 Å². The summed E-state index contributed by atoms with van der Waals surface area (Å²) in [7, 11) is 0. The van der Waals surface area contributed by atoms with Crippen LogP contribution in [-0.2, 0) is 11.4 Å². The topological polar surface area (TPSA) is 54.3 Å². The lowest BCUT2D eigenvalue weighted by Crippen LogP contribution is -2.39. The average molecular weight is 469 g/mol. The molecule has 7 heteroatoms. The van der Waals surface area contributed by atoms with Gasteiger partial charge in [0.15, 0.2) is 0 Å². The van der Waals surface area contributed by atoms with Crippen molar-refractivity contribution in [1.82, 2.24) is 4.90 Å². The first-order valence-electron chi connectivity index (χ1n) is 10.9. The summed E-state index contributed by atoms with van der Waals surface area (Å²) >= 11 is 5.98. The van der Waals surface area contributed by atoms with Crippen LogP contribution in [0.5, 0.6) is 5.75 Å². The fourth-order valence-corrected chi connectivity index (χ4v) is 3.86. The second kappa shape index (κ2) is 11.3. The van der Waals surface area contributed by atoms with Crippen LogP contribution in [0.1, 0.15) is 17.5 Å². The van der Waals surface area contributed by atoms with E-state index in [1.165, 1.54) is 12.1 Å². The minimum Gasteiger partial charge on any atom is -0.491 e. The van der Waals surface area contributed by atoms with Gasteiger partial charge in [-0.1, -0.05) is 59.2 Å². The van der Waals surface area contributed by atoms with Gasteiger partial charge >= 0.3 is 0 Å². The third-order valence-corrected chi connectivity index (χ3v) is 5.60. The van der Waals surface area contributed by atoms with Crippen molar-refractivity contribution < 1.29 is 19.1 Å². The predicted molar refractivity (Wildman–Crippen MR) is 127 cm³/mol. The summed E-state index contributed by atoms with van der Waals surface area (Å²) in [4.78, 5) is 7.77. The van der Waals surface area contributed by atoms with E-state index in [2.05, 4.69) is 10.1 Å². The van der Waals surface area contributed by atoms with Gasteiger partial charge in [0.25, 0.3) is 0 Å². The number of nitrogens with zero attached hydrogens (tertiary/aromatic N) is 2. The van der Waals surface area contributed by atoms with Crippen LogP contribution in [0.4, 0.5) is 4.39 Å². The lowest BCUT2D eigenvalue weighted by atomic mass is 10.0. The summed E-state index contributed by atoms with van der Waals surface area (Å²) in [6, 6.07) is 23.3. The lowest BCUT2D eigenvalue weighted by molar-refractivity contribution is 0.0213. The summed E-state index contributed by atoms with van der Waals surface area (Å²) in [5, 5.41) is 15.6. The Hall–Kier alpha value is -2.93. The molecule has 0 radical (unpaired) electrons. The molecule has 1 N–H and O–H groups in total. The number of hydrogen-bond acceptors (Lipinski definition) is 5. The molecule has 172 valence electrons. The van der Waals surface area contributed by atoms with Crippen LogP contribution in [0.25, 0.3) is 0 Å². The number of hydrogen-bond donors (Lipinski definition) is 1. The fourth-order valence-electron chi connectivity index (χ4n) is 3.74. The van der Waals surface area contributed by atoms with E-state index in [0.717, 1.165) is 16.8 Å². The van der Waals surface area contributed by atoms with Gasteiger partial charge in [0, 0.05) is 31.1 Å². The van der Waals surface area contributed by atoms with Crippen LogP contribution >= 0.6 is 11.6 Å². The molecule has 4 rings (SSSR count). The highest BCUT2D eigenvalue weighted by Gasteiger charge is 2.26. The van der Waals surface area contributed by atoms with Crippen molar-refractivity contribution in [3.63, 3.8) is 0 Å². The highest BCUT2D eigenvalue weighted by molar-refractivity contribution is 6.30. The van der Waals surface area contributed by atoms with Crippen molar-refractivity contribution >= 4 is 17.3 Å². The zero-order valence-electron chi connectivity index (χ0n) is 18.1. The molecule has 3 aromatic rings. The first kappa shape index (κ1) is 23.2. The zero-order valence-corrected chi connectivity index (χ0v) is 18.9. The molecular weight excluding hydrogens is 443 g/mol. The van der Waals surface area contributed by atoms with Crippen LogP contribution < -0.4 is 4.74 Å². The highest BCUT2D eigenvalue weighted by Crippen LogP contribution is 2.20. The van der Waals surface area contributed by atoms with E-state index in [1.54, 1.807) is 12.1 Å². The van der Waals surface area contributed by atoms with E-state index in [9.17, 15) is 9.50 Å². The Morgan fingerprint density at radius 1 is 1.06 bits per heavy atom. The van der Waals surface area contributed by atoms with Crippen LogP contribution in [0.15, 0.2) is 84.0 Å². The molecule has 1 aliphatic heterocycles. The fraction of sp³-hybridized carbons (Fsp3) is 0.269. The van der Waals surface area contributed by atoms with E-state index in [0.29, 0.717) is 36.8 Å². The van der Waals surface area contributed by atoms with Gasteiger partial charge in [0.2, 0.25) is 0 Å². The molecule has 0 aromatic heterocycles. The molecule has 2 atom stereocenters. The quantitative estimate of drug-likeness (QED) is 0.459. The monoisotopic (exact) mass is 468 g/mol. The van der Waals surface area contributed by atoms with Crippen molar-refractivity contribution in [3.05, 3.63) is 101 Å². The van der Waals surface area contributed by atoms with Gasteiger partial charge in [0.05, 0.1) is 5.71 Å². The van der Waals surface area contributed by atoms with E-state index in [-0.39, 0.29) is 18.5 Å². The smallest absolute Gasteiger partial charge is 0.145 e. The molecule has 1 heterocycles.